The second-order valence-corrected chi connectivity index (χ2v) is 7.04. The minimum atomic E-state index is -3.18. The van der Waals surface area contributed by atoms with Crippen molar-refractivity contribution in [2.24, 2.45) is 0 Å². The number of fused-ring (bicyclic) bond motifs is 3. The largest absolute Gasteiger partial charge is 0.392 e. The highest BCUT2D eigenvalue weighted by Crippen LogP contribution is 2.34. The van der Waals surface area contributed by atoms with Gasteiger partial charge >= 0.3 is 0 Å². The number of sulfone groups is 1. The van der Waals surface area contributed by atoms with Crippen LogP contribution in [0, 0.1) is 0 Å². The van der Waals surface area contributed by atoms with Crippen LogP contribution in [0.3, 0.4) is 0 Å². The first kappa shape index (κ1) is 13.3. The van der Waals surface area contributed by atoms with Crippen molar-refractivity contribution in [3.05, 3.63) is 24.0 Å². The minimum absolute atomic E-state index is 0.131. The molecule has 2 aromatic rings. The van der Waals surface area contributed by atoms with Gasteiger partial charge in [0.1, 0.15) is 12.1 Å². The molecule has 106 valence electrons. The summed E-state index contributed by atoms with van der Waals surface area (Å²) in [5.74, 6) is 0.705. The Morgan fingerprint density at radius 3 is 2.95 bits per heavy atom. The Balaban J connectivity index is 2.20. The number of hydrogen-bond acceptors (Lipinski definition) is 6. The van der Waals surface area contributed by atoms with Crippen LogP contribution in [0.4, 0.5) is 5.82 Å². The number of aryl methyl sites for hydroxylation is 1. The first-order valence-corrected chi connectivity index (χ1v) is 8.05. The van der Waals surface area contributed by atoms with E-state index in [1.54, 1.807) is 19.1 Å². The number of aliphatic hydroxyl groups excluding tert-OH is 1. The van der Waals surface area contributed by atoms with Gasteiger partial charge in [-0.1, -0.05) is 0 Å². The lowest BCUT2D eigenvalue weighted by Gasteiger charge is -2.12. The molecule has 1 aromatic heterocycles. The van der Waals surface area contributed by atoms with Gasteiger partial charge in [-0.25, -0.2) is 18.4 Å². The molecular formula is C13H15N3O3S. The van der Waals surface area contributed by atoms with E-state index < -0.39 is 15.9 Å². The number of nitrogens with zero attached hydrogens (tertiary/aromatic N) is 2. The molecule has 0 saturated heterocycles. The summed E-state index contributed by atoms with van der Waals surface area (Å²) in [5, 5.41) is 13.2. The number of benzene rings is 1. The van der Waals surface area contributed by atoms with E-state index in [1.807, 2.05) is 0 Å². The van der Waals surface area contributed by atoms with Gasteiger partial charge < -0.3 is 10.4 Å². The summed E-state index contributed by atoms with van der Waals surface area (Å²) in [7, 11) is -3.18. The summed E-state index contributed by atoms with van der Waals surface area (Å²) in [4.78, 5) is 8.74. The Bertz CT molecular complexity index is 772. The molecule has 0 spiro atoms. The molecule has 0 bridgehead atoms. The predicted octanol–water partition coefficient (Wildman–Crippen LogP) is 0.752. The Morgan fingerprint density at radius 1 is 1.40 bits per heavy atom. The van der Waals surface area contributed by atoms with E-state index in [0.29, 0.717) is 29.2 Å². The lowest BCUT2D eigenvalue weighted by Crippen LogP contribution is -2.16. The third kappa shape index (κ3) is 2.12. The molecule has 0 saturated carbocycles. The van der Waals surface area contributed by atoms with Crippen molar-refractivity contribution in [3.63, 3.8) is 0 Å². The number of anilines is 1. The molecule has 1 aliphatic heterocycles. The Kier molecular flexibility index (Phi) is 3.10. The van der Waals surface area contributed by atoms with Crippen LogP contribution in [0.15, 0.2) is 23.4 Å². The smallest absolute Gasteiger partial charge is 0.179 e. The molecule has 2 heterocycles. The Labute approximate surface area is 116 Å². The topological polar surface area (TPSA) is 92.2 Å². The lowest BCUT2D eigenvalue weighted by atomic mass is 10.1. The zero-order valence-electron chi connectivity index (χ0n) is 11.0. The summed E-state index contributed by atoms with van der Waals surface area (Å²) < 4.78 is 23.9. The van der Waals surface area contributed by atoms with Crippen LogP contribution in [0.5, 0.6) is 0 Å². The third-order valence-electron chi connectivity index (χ3n) is 3.39. The molecule has 1 aliphatic rings. The van der Waals surface area contributed by atoms with E-state index in [4.69, 9.17) is 0 Å². The summed E-state index contributed by atoms with van der Waals surface area (Å²) in [6, 6.07) is 3.32. The molecule has 7 heteroatoms. The maximum Gasteiger partial charge on any atom is 0.179 e. The van der Waals surface area contributed by atoms with Crippen molar-refractivity contribution in [2.75, 3.05) is 17.6 Å². The average molecular weight is 293 g/mol. The van der Waals surface area contributed by atoms with Crippen LogP contribution in [-0.2, 0) is 16.3 Å². The highest BCUT2D eigenvalue weighted by Gasteiger charge is 2.29. The van der Waals surface area contributed by atoms with Gasteiger partial charge in [0.15, 0.2) is 9.84 Å². The third-order valence-corrected chi connectivity index (χ3v) is 5.18. The molecule has 0 radical (unpaired) electrons. The number of nitrogens with one attached hydrogen (secondary N) is 1. The number of rotatable bonds is 3. The van der Waals surface area contributed by atoms with Crippen LogP contribution in [0.1, 0.15) is 12.5 Å². The van der Waals surface area contributed by atoms with E-state index in [2.05, 4.69) is 15.3 Å². The number of aromatic nitrogens is 2. The zero-order valence-corrected chi connectivity index (χ0v) is 11.8. The minimum Gasteiger partial charge on any atom is -0.392 e. The summed E-state index contributed by atoms with van der Waals surface area (Å²) in [6.07, 6.45) is 1.40. The quantitative estimate of drug-likeness (QED) is 0.867. The van der Waals surface area contributed by atoms with Gasteiger partial charge in [0.2, 0.25) is 0 Å². The van der Waals surface area contributed by atoms with Crippen LogP contribution in [0.2, 0.25) is 0 Å². The van der Waals surface area contributed by atoms with Crippen LogP contribution in [-0.4, -0.2) is 41.9 Å². The number of aliphatic hydroxyl groups is 1. The van der Waals surface area contributed by atoms with Crippen LogP contribution < -0.4 is 5.32 Å². The molecule has 0 unspecified atom stereocenters. The van der Waals surface area contributed by atoms with Crippen molar-refractivity contribution >= 4 is 26.6 Å². The lowest BCUT2D eigenvalue weighted by molar-refractivity contribution is 0.208. The monoisotopic (exact) mass is 293 g/mol. The maximum absolute atomic E-state index is 12.0. The van der Waals surface area contributed by atoms with E-state index in [9.17, 15) is 13.5 Å². The van der Waals surface area contributed by atoms with E-state index in [-0.39, 0.29) is 5.75 Å². The molecule has 6 nitrogen and oxygen atoms in total. The summed E-state index contributed by atoms with van der Waals surface area (Å²) in [6.45, 7) is 2.02. The van der Waals surface area contributed by atoms with Gasteiger partial charge in [-0.2, -0.15) is 0 Å². The fourth-order valence-corrected chi connectivity index (χ4v) is 4.01. The molecule has 0 amide bonds. The predicted molar refractivity (Wildman–Crippen MR) is 75.5 cm³/mol. The summed E-state index contributed by atoms with van der Waals surface area (Å²) in [5.41, 5.74) is 1.49. The molecule has 0 aliphatic carbocycles. The van der Waals surface area contributed by atoms with Gasteiger partial charge in [0.25, 0.3) is 0 Å². The molecule has 0 fully saturated rings. The van der Waals surface area contributed by atoms with Crippen molar-refractivity contribution < 1.29 is 13.5 Å². The van der Waals surface area contributed by atoms with Gasteiger partial charge in [-0.15, -0.1) is 0 Å². The van der Waals surface area contributed by atoms with Crippen molar-refractivity contribution in [3.8, 4) is 0 Å². The van der Waals surface area contributed by atoms with Crippen LogP contribution >= 0.6 is 0 Å². The Morgan fingerprint density at radius 2 is 2.20 bits per heavy atom. The van der Waals surface area contributed by atoms with Crippen molar-refractivity contribution in [1.82, 2.24) is 9.97 Å². The molecular weight excluding hydrogens is 278 g/mol. The first-order chi connectivity index (χ1) is 9.49. The first-order valence-electron chi connectivity index (χ1n) is 6.40. The number of hydrogen-bond donors (Lipinski definition) is 2. The van der Waals surface area contributed by atoms with Crippen molar-refractivity contribution in [1.29, 1.82) is 0 Å². The second-order valence-electron chi connectivity index (χ2n) is 4.96. The van der Waals surface area contributed by atoms with Crippen LogP contribution in [0.25, 0.3) is 10.9 Å². The fraction of sp³-hybridized carbons (Fsp3) is 0.385. The van der Waals surface area contributed by atoms with E-state index in [0.717, 1.165) is 10.9 Å². The zero-order chi connectivity index (χ0) is 14.3. The average Bonchev–Trinajstić information content (AvgIpc) is 2.72. The molecule has 1 aromatic carbocycles. The van der Waals surface area contributed by atoms with Gasteiger partial charge in [0.05, 0.1) is 22.3 Å². The SMILES string of the molecule is C[C@H](O)CNc1ncnc2ccc3c(c12)CCS3(=O)=O. The standard InChI is InChI=1S/C13H15N3O3S/c1-8(17)6-14-13-12-9-4-5-20(18,19)11(9)3-2-10(12)15-7-16-13/h2-3,7-8,17H,4-6H2,1H3,(H,14,15,16)/t8-/m0/s1. The highest BCUT2D eigenvalue weighted by atomic mass is 32.2. The van der Waals surface area contributed by atoms with Gasteiger partial charge in [-0.05, 0) is 31.0 Å². The second kappa shape index (κ2) is 4.68. The van der Waals surface area contributed by atoms with Gasteiger partial charge in [-0.3, -0.25) is 0 Å². The maximum atomic E-state index is 12.0. The molecule has 2 N–H and O–H groups in total. The van der Waals surface area contributed by atoms with E-state index >= 15 is 0 Å². The van der Waals surface area contributed by atoms with Crippen molar-refractivity contribution in [2.45, 2.75) is 24.3 Å². The molecule has 3 rings (SSSR count). The summed E-state index contributed by atoms with van der Waals surface area (Å²) >= 11 is 0. The Hall–Kier alpha value is -1.73. The van der Waals surface area contributed by atoms with E-state index in [1.165, 1.54) is 6.33 Å². The normalized spacial score (nSPS) is 17.9. The van der Waals surface area contributed by atoms with Gasteiger partial charge in [0, 0.05) is 11.9 Å². The molecule has 20 heavy (non-hydrogen) atoms. The fourth-order valence-electron chi connectivity index (χ4n) is 2.47. The highest BCUT2D eigenvalue weighted by molar-refractivity contribution is 7.91. The molecule has 1 atom stereocenters.